The Bertz CT molecular complexity index is 485. The molecule has 0 bridgehead atoms. The molecule has 0 saturated carbocycles. The topological polar surface area (TPSA) is 55.8 Å². The quantitative estimate of drug-likeness (QED) is 0.564. The molecule has 0 spiro atoms. The molecule has 5 heteroatoms. The number of amides is 1. The number of likely N-dealkylation sites (N-methyl/N-ethyl adjacent to an activating group) is 1. The summed E-state index contributed by atoms with van der Waals surface area (Å²) in [6.07, 6.45) is 1.60. The van der Waals surface area contributed by atoms with Gasteiger partial charge in [-0.05, 0) is 19.1 Å². The zero-order valence-corrected chi connectivity index (χ0v) is 11.8. The minimum absolute atomic E-state index is 0.0948. The molecule has 0 aromatic heterocycles. The average molecular weight is 277 g/mol. The Balaban J connectivity index is 2.80. The van der Waals surface area contributed by atoms with Gasteiger partial charge in [0, 0.05) is 7.05 Å². The van der Waals surface area contributed by atoms with Gasteiger partial charge in [0.05, 0.1) is 12.2 Å². The second-order valence-corrected chi connectivity index (χ2v) is 4.06. The third kappa shape index (κ3) is 4.42. The van der Waals surface area contributed by atoms with Crippen molar-refractivity contribution in [1.29, 1.82) is 0 Å². The predicted molar refractivity (Wildman–Crippen MR) is 75.7 cm³/mol. The molecule has 0 aliphatic carbocycles. The first kappa shape index (κ1) is 15.8. The summed E-state index contributed by atoms with van der Waals surface area (Å²) in [5, 5.41) is 0. The van der Waals surface area contributed by atoms with Gasteiger partial charge in [-0.25, -0.2) is 0 Å². The fourth-order valence-electron chi connectivity index (χ4n) is 1.60. The van der Waals surface area contributed by atoms with Crippen molar-refractivity contribution >= 4 is 11.9 Å². The molecular formula is C15H19NO4. The normalized spacial score (nSPS) is 9.70. The van der Waals surface area contributed by atoms with Gasteiger partial charge in [-0.1, -0.05) is 24.8 Å². The van der Waals surface area contributed by atoms with Crippen LogP contribution in [0.1, 0.15) is 17.3 Å². The Kier molecular flexibility index (Phi) is 6.29. The van der Waals surface area contributed by atoms with E-state index in [9.17, 15) is 9.59 Å². The van der Waals surface area contributed by atoms with Crippen LogP contribution in [0.4, 0.5) is 0 Å². The number of ether oxygens (including phenoxy) is 2. The number of hydrogen-bond donors (Lipinski definition) is 0. The minimum Gasteiger partial charge on any atom is -0.489 e. The number of carbonyl (C=O) groups is 2. The SMILES string of the molecule is C=CCOc1ccccc1C(=O)N(C)CC(=O)OCC. The van der Waals surface area contributed by atoms with Gasteiger partial charge in [0.2, 0.25) is 0 Å². The van der Waals surface area contributed by atoms with Crippen molar-refractivity contribution < 1.29 is 19.1 Å². The third-order valence-corrected chi connectivity index (χ3v) is 2.49. The number of esters is 1. The number of benzene rings is 1. The zero-order chi connectivity index (χ0) is 15.0. The van der Waals surface area contributed by atoms with E-state index >= 15 is 0 Å². The smallest absolute Gasteiger partial charge is 0.325 e. The second-order valence-electron chi connectivity index (χ2n) is 4.06. The highest BCUT2D eigenvalue weighted by Crippen LogP contribution is 2.19. The van der Waals surface area contributed by atoms with Crippen LogP contribution in [0, 0.1) is 0 Å². The van der Waals surface area contributed by atoms with E-state index in [1.807, 2.05) is 0 Å². The van der Waals surface area contributed by atoms with Gasteiger partial charge < -0.3 is 14.4 Å². The summed E-state index contributed by atoms with van der Waals surface area (Å²) in [5.41, 5.74) is 0.404. The Morgan fingerprint density at radius 2 is 2.05 bits per heavy atom. The van der Waals surface area contributed by atoms with Crippen molar-refractivity contribution in [2.75, 3.05) is 26.8 Å². The molecule has 0 unspecified atom stereocenters. The first-order valence-corrected chi connectivity index (χ1v) is 6.34. The minimum atomic E-state index is -0.437. The van der Waals surface area contributed by atoms with Gasteiger partial charge in [-0.2, -0.15) is 0 Å². The van der Waals surface area contributed by atoms with E-state index in [-0.39, 0.29) is 12.5 Å². The molecule has 108 valence electrons. The van der Waals surface area contributed by atoms with E-state index in [1.165, 1.54) is 4.90 Å². The summed E-state index contributed by atoms with van der Waals surface area (Å²) in [7, 11) is 1.55. The Morgan fingerprint density at radius 1 is 1.35 bits per heavy atom. The molecule has 0 radical (unpaired) electrons. The van der Waals surface area contributed by atoms with E-state index < -0.39 is 5.97 Å². The highest BCUT2D eigenvalue weighted by molar-refractivity contribution is 5.98. The monoisotopic (exact) mass is 277 g/mol. The lowest BCUT2D eigenvalue weighted by Crippen LogP contribution is -2.33. The Morgan fingerprint density at radius 3 is 2.70 bits per heavy atom. The summed E-state index contributed by atoms with van der Waals surface area (Å²) >= 11 is 0. The molecule has 0 N–H and O–H groups in total. The van der Waals surface area contributed by atoms with E-state index in [1.54, 1.807) is 44.3 Å². The number of carbonyl (C=O) groups excluding carboxylic acids is 2. The van der Waals surface area contributed by atoms with Crippen molar-refractivity contribution in [3.63, 3.8) is 0 Å². The van der Waals surface area contributed by atoms with Crippen molar-refractivity contribution in [1.82, 2.24) is 4.90 Å². The molecule has 1 amide bonds. The van der Waals surface area contributed by atoms with Gasteiger partial charge in [-0.15, -0.1) is 0 Å². The van der Waals surface area contributed by atoms with Crippen molar-refractivity contribution in [2.24, 2.45) is 0 Å². The summed E-state index contributed by atoms with van der Waals surface area (Å²) in [6, 6.07) is 6.88. The first-order valence-electron chi connectivity index (χ1n) is 6.34. The molecule has 0 fully saturated rings. The van der Waals surface area contributed by atoms with Gasteiger partial charge in [0.25, 0.3) is 5.91 Å². The van der Waals surface area contributed by atoms with Crippen LogP contribution in [0.25, 0.3) is 0 Å². The number of hydrogen-bond acceptors (Lipinski definition) is 4. The van der Waals surface area contributed by atoms with E-state index in [0.29, 0.717) is 24.5 Å². The lowest BCUT2D eigenvalue weighted by molar-refractivity contribution is -0.143. The maximum Gasteiger partial charge on any atom is 0.325 e. The first-order chi connectivity index (χ1) is 9.60. The predicted octanol–water partition coefficient (Wildman–Crippen LogP) is 1.89. The molecule has 0 aliphatic heterocycles. The van der Waals surface area contributed by atoms with Crippen LogP contribution in [0.3, 0.4) is 0 Å². The van der Waals surface area contributed by atoms with Crippen molar-refractivity contribution in [3.05, 3.63) is 42.5 Å². The van der Waals surface area contributed by atoms with Crippen LogP contribution in [0.5, 0.6) is 5.75 Å². The van der Waals surface area contributed by atoms with Crippen LogP contribution in [0.2, 0.25) is 0 Å². The molecule has 20 heavy (non-hydrogen) atoms. The van der Waals surface area contributed by atoms with Crippen molar-refractivity contribution in [3.8, 4) is 5.75 Å². The molecule has 1 rings (SSSR count). The van der Waals surface area contributed by atoms with Crippen LogP contribution in [-0.2, 0) is 9.53 Å². The molecule has 0 aliphatic rings. The highest BCUT2D eigenvalue weighted by Gasteiger charge is 2.18. The summed E-state index contributed by atoms with van der Waals surface area (Å²) in [5.74, 6) is -0.265. The van der Waals surface area contributed by atoms with Crippen LogP contribution in [0.15, 0.2) is 36.9 Å². The standard InChI is InChI=1S/C15H19NO4/c1-4-10-20-13-9-7-6-8-12(13)15(18)16(3)11-14(17)19-5-2/h4,6-9H,1,5,10-11H2,2-3H3. The van der Waals surface area contributed by atoms with Crippen LogP contribution >= 0.6 is 0 Å². The number of para-hydroxylation sites is 1. The zero-order valence-electron chi connectivity index (χ0n) is 11.8. The van der Waals surface area contributed by atoms with Crippen LogP contribution < -0.4 is 4.74 Å². The maximum absolute atomic E-state index is 12.3. The molecule has 1 aromatic carbocycles. The second kappa shape index (κ2) is 7.99. The van der Waals surface area contributed by atoms with E-state index in [0.717, 1.165) is 0 Å². The number of rotatable bonds is 7. The summed E-state index contributed by atoms with van der Waals surface area (Å²) in [4.78, 5) is 25.0. The fraction of sp³-hybridized carbons (Fsp3) is 0.333. The van der Waals surface area contributed by atoms with E-state index in [4.69, 9.17) is 9.47 Å². The third-order valence-electron chi connectivity index (χ3n) is 2.49. The molecule has 0 saturated heterocycles. The van der Waals surface area contributed by atoms with Gasteiger partial charge >= 0.3 is 5.97 Å². The van der Waals surface area contributed by atoms with Gasteiger partial charge in [-0.3, -0.25) is 9.59 Å². The number of nitrogens with zero attached hydrogens (tertiary/aromatic N) is 1. The molecular weight excluding hydrogens is 258 g/mol. The molecule has 0 heterocycles. The molecule has 1 aromatic rings. The molecule has 5 nitrogen and oxygen atoms in total. The Hall–Kier alpha value is -2.30. The summed E-state index contributed by atoms with van der Waals surface area (Å²) < 4.78 is 10.2. The highest BCUT2D eigenvalue weighted by atomic mass is 16.5. The van der Waals surface area contributed by atoms with E-state index in [2.05, 4.69) is 6.58 Å². The fourth-order valence-corrected chi connectivity index (χ4v) is 1.60. The lowest BCUT2D eigenvalue weighted by atomic mass is 10.2. The average Bonchev–Trinajstić information content (AvgIpc) is 2.44. The maximum atomic E-state index is 12.3. The Labute approximate surface area is 118 Å². The lowest BCUT2D eigenvalue weighted by Gasteiger charge is -2.18. The van der Waals surface area contributed by atoms with Gasteiger partial charge in [0.1, 0.15) is 18.9 Å². The van der Waals surface area contributed by atoms with Crippen molar-refractivity contribution in [2.45, 2.75) is 6.92 Å². The van der Waals surface area contributed by atoms with Crippen LogP contribution in [-0.4, -0.2) is 43.6 Å². The largest absolute Gasteiger partial charge is 0.489 e. The summed E-state index contributed by atoms with van der Waals surface area (Å²) in [6.45, 7) is 5.79. The molecule has 0 atom stereocenters. The van der Waals surface area contributed by atoms with Gasteiger partial charge in [0.15, 0.2) is 0 Å².